The van der Waals surface area contributed by atoms with Gasteiger partial charge in [-0.3, -0.25) is 4.57 Å². The van der Waals surface area contributed by atoms with Crippen LogP contribution in [0, 0.1) is 6.92 Å². The number of ether oxygens (including phenoxy) is 2. The van der Waals surface area contributed by atoms with Crippen molar-refractivity contribution >= 4 is 5.97 Å². The Bertz CT molecular complexity index is 648. The molecule has 0 aliphatic carbocycles. The zero-order valence-electron chi connectivity index (χ0n) is 10.3. The molecule has 1 aliphatic rings. The third-order valence-electron chi connectivity index (χ3n) is 2.96. The summed E-state index contributed by atoms with van der Waals surface area (Å²) in [6.45, 7) is 2.68. The van der Waals surface area contributed by atoms with Gasteiger partial charge in [0.25, 0.3) is 0 Å². The molecule has 98 valence electrons. The van der Waals surface area contributed by atoms with Crippen molar-refractivity contribution < 1.29 is 19.4 Å². The van der Waals surface area contributed by atoms with E-state index in [9.17, 15) is 9.90 Å². The summed E-state index contributed by atoms with van der Waals surface area (Å²) < 4.78 is 12.4. The molecule has 3 rings (SSSR count). The third kappa shape index (κ3) is 1.91. The van der Waals surface area contributed by atoms with E-state index in [0.717, 1.165) is 0 Å². The van der Waals surface area contributed by atoms with Crippen molar-refractivity contribution in [2.24, 2.45) is 0 Å². The smallest absolute Gasteiger partial charge is 0.354 e. The Morgan fingerprint density at radius 1 is 1.32 bits per heavy atom. The third-order valence-corrected chi connectivity index (χ3v) is 2.96. The molecule has 19 heavy (non-hydrogen) atoms. The summed E-state index contributed by atoms with van der Waals surface area (Å²) in [6.07, 6.45) is 1.49. The van der Waals surface area contributed by atoms with Gasteiger partial charge >= 0.3 is 5.97 Å². The number of nitrogens with zero attached hydrogens (tertiary/aromatic N) is 2. The summed E-state index contributed by atoms with van der Waals surface area (Å²) in [5.41, 5.74) is 1.31. The van der Waals surface area contributed by atoms with Gasteiger partial charge < -0.3 is 14.6 Å². The first kappa shape index (κ1) is 11.6. The fourth-order valence-corrected chi connectivity index (χ4v) is 2.07. The highest BCUT2D eigenvalue weighted by Gasteiger charge is 2.18. The molecule has 1 aliphatic heterocycles. The van der Waals surface area contributed by atoms with E-state index < -0.39 is 5.97 Å². The summed E-state index contributed by atoms with van der Waals surface area (Å²) >= 11 is 0. The lowest BCUT2D eigenvalue weighted by molar-refractivity contribution is 0.0687. The topological polar surface area (TPSA) is 73.6 Å². The van der Waals surface area contributed by atoms with Crippen LogP contribution in [-0.2, 0) is 0 Å². The molecule has 0 atom stereocenters. The number of aromatic carboxylic acids is 1. The van der Waals surface area contributed by atoms with E-state index >= 15 is 0 Å². The van der Waals surface area contributed by atoms with Gasteiger partial charge in [-0.2, -0.15) is 0 Å². The molecule has 2 heterocycles. The summed E-state index contributed by atoms with van der Waals surface area (Å²) in [7, 11) is 0. The fraction of sp³-hybridized carbons (Fsp3) is 0.231. The number of aromatic nitrogens is 2. The van der Waals surface area contributed by atoms with E-state index in [1.165, 1.54) is 10.9 Å². The Morgan fingerprint density at radius 3 is 2.79 bits per heavy atom. The molecule has 0 saturated heterocycles. The Balaban J connectivity index is 2.10. The highest BCUT2D eigenvalue weighted by atomic mass is 16.6. The van der Waals surface area contributed by atoms with Gasteiger partial charge in [-0.1, -0.05) is 0 Å². The minimum absolute atomic E-state index is 0.150. The SMILES string of the molecule is Cc1ncn(-c2ccc3c(c2)OCCO3)c1C(=O)O. The molecular weight excluding hydrogens is 248 g/mol. The largest absolute Gasteiger partial charge is 0.486 e. The van der Waals surface area contributed by atoms with Crippen molar-refractivity contribution in [1.82, 2.24) is 9.55 Å². The van der Waals surface area contributed by atoms with Crippen molar-refractivity contribution in [3.05, 3.63) is 35.9 Å². The molecule has 6 heteroatoms. The molecule has 0 bridgehead atoms. The normalized spacial score (nSPS) is 13.3. The van der Waals surface area contributed by atoms with Crippen LogP contribution >= 0.6 is 0 Å². The maximum Gasteiger partial charge on any atom is 0.354 e. The van der Waals surface area contributed by atoms with E-state index in [1.807, 2.05) is 0 Å². The maximum absolute atomic E-state index is 11.2. The zero-order chi connectivity index (χ0) is 13.4. The monoisotopic (exact) mass is 260 g/mol. The van der Waals surface area contributed by atoms with Crippen LogP contribution in [0.2, 0.25) is 0 Å². The van der Waals surface area contributed by atoms with Crippen molar-refractivity contribution in [2.75, 3.05) is 13.2 Å². The van der Waals surface area contributed by atoms with Crippen molar-refractivity contribution in [3.8, 4) is 17.2 Å². The number of fused-ring (bicyclic) bond motifs is 1. The van der Waals surface area contributed by atoms with E-state index in [1.54, 1.807) is 25.1 Å². The molecule has 6 nitrogen and oxygen atoms in total. The standard InChI is InChI=1S/C13H12N2O4/c1-8-12(13(16)17)15(7-14-8)9-2-3-10-11(6-9)19-5-4-18-10/h2-3,6-7H,4-5H2,1H3,(H,16,17). The number of imidazole rings is 1. The summed E-state index contributed by atoms with van der Waals surface area (Å²) in [5.74, 6) is 0.278. The van der Waals surface area contributed by atoms with Crippen LogP contribution < -0.4 is 9.47 Å². The Hall–Kier alpha value is -2.50. The molecule has 0 spiro atoms. The lowest BCUT2D eigenvalue weighted by atomic mass is 10.2. The second-order valence-electron chi connectivity index (χ2n) is 4.18. The second-order valence-corrected chi connectivity index (χ2v) is 4.18. The Kier molecular flexibility index (Phi) is 2.63. The van der Waals surface area contributed by atoms with E-state index in [2.05, 4.69) is 4.98 Å². The number of carboxylic acid groups (broad SMARTS) is 1. The molecule has 2 aromatic rings. The van der Waals surface area contributed by atoms with Crippen molar-refractivity contribution in [1.29, 1.82) is 0 Å². The van der Waals surface area contributed by atoms with Crippen molar-refractivity contribution in [3.63, 3.8) is 0 Å². The van der Waals surface area contributed by atoms with Crippen LogP contribution in [-0.4, -0.2) is 33.8 Å². The van der Waals surface area contributed by atoms with Gasteiger partial charge in [0.05, 0.1) is 11.4 Å². The van der Waals surface area contributed by atoms with Gasteiger partial charge in [-0.25, -0.2) is 9.78 Å². The minimum atomic E-state index is -1.01. The van der Waals surface area contributed by atoms with Crippen LogP contribution in [0.4, 0.5) is 0 Å². The Labute approximate surface area is 109 Å². The van der Waals surface area contributed by atoms with Gasteiger partial charge in [0, 0.05) is 6.07 Å². The van der Waals surface area contributed by atoms with Crippen LogP contribution in [0.5, 0.6) is 11.5 Å². The number of carbonyl (C=O) groups is 1. The van der Waals surface area contributed by atoms with Gasteiger partial charge in [0.15, 0.2) is 17.2 Å². The summed E-state index contributed by atoms with van der Waals surface area (Å²) in [6, 6.07) is 5.30. The molecule has 1 N–H and O–H groups in total. The molecule has 0 radical (unpaired) electrons. The first-order valence-corrected chi connectivity index (χ1v) is 5.84. The number of hydrogen-bond donors (Lipinski definition) is 1. The van der Waals surface area contributed by atoms with E-state index in [0.29, 0.717) is 36.1 Å². The summed E-state index contributed by atoms with van der Waals surface area (Å²) in [4.78, 5) is 15.3. The lowest BCUT2D eigenvalue weighted by Gasteiger charge is -2.19. The number of hydrogen-bond acceptors (Lipinski definition) is 4. The molecule has 0 saturated carbocycles. The highest BCUT2D eigenvalue weighted by molar-refractivity contribution is 5.87. The molecular formula is C13H12N2O4. The molecule has 1 aromatic carbocycles. The van der Waals surface area contributed by atoms with Gasteiger partial charge in [0.1, 0.15) is 19.5 Å². The minimum Gasteiger partial charge on any atom is -0.486 e. The fourth-order valence-electron chi connectivity index (χ4n) is 2.07. The average Bonchev–Trinajstić information content (AvgIpc) is 2.80. The zero-order valence-corrected chi connectivity index (χ0v) is 10.3. The highest BCUT2D eigenvalue weighted by Crippen LogP contribution is 2.32. The number of aryl methyl sites for hydroxylation is 1. The molecule has 0 fully saturated rings. The van der Waals surface area contributed by atoms with Gasteiger partial charge in [-0.05, 0) is 19.1 Å². The van der Waals surface area contributed by atoms with Crippen LogP contribution in [0.3, 0.4) is 0 Å². The first-order chi connectivity index (χ1) is 9.16. The predicted molar refractivity (Wildman–Crippen MR) is 66.3 cm³/mol. The second kappa shape index (κ2) is 4.31. The lowest BCUT2D eigenvalue weighted by Crippen LogP contribution is -2.15. The molecule has 0 amide bonds. The quantitative estimate of drug-likeness (QED) is 0.888. The average molecular weight is 260 g/mol. The number of benzene rings is 1. The maximum atomic E-state index is 11.2. The van der Waals surface area contributed by atoms with Gasteiger partial charge in [-0.15, -0.1) is 0 Å². The van der Waals surface area contributed by atoms with E-state index in [4.69, 9.17) is 9.47 Å². The predicted octanol–water partition coefficient (Wildman–Crippen LogP) is 1.65. The van der Waals surface area contributed by atoms with Gasteiger partial charge in [0.2, 0.25) is 0 Å². The first-order valence-electron chi connectivity index (χ1n) is 5.84. The van der Waals surface area contributed by atoms with E-state index in [-0.39, 0.29) is 5.69 Å². The Morgan fingerprint density at radius 2 is 2.05 bits per heavy atom. The number of rotatable bonds is 2. The van der Waals surface area contributed by atoms with Crippen LogP contribution in [0.25, 0.3) is 5.69 Å². The van der Waals surface area contributed by atoms with Crippen molar-refractivity contribution in [2.45, 2.75) is 6.92 Å². The summed E-state index contributed by atoms with van der Waals surface area (Å²) in [5, 5.41) is 9.22. The molecule has 0 unspecified atom stereocenters. The number of carboxylic acids is 1. The molecule has 1 aromatic heterocycles. The van der Waals surface area contributed by atoms with Crippen LogP contribution in [0.15, 0.2) is 24.5 Å². The van der Waals surface area contributed by atoms with Crippen LogP contribution in [0.1, 0.15) is 16.2 Å².